The molecule has 0 radical (unpaired) electrons. The number of ether oxygens (including phenoxy) is 3. The minimum atomic E-state index is -0.530. The summed E-state index contributed by atoms with van der Waals surface area (Å²) in [6.07, 6.45) is 1.63. The fourth-order valence-corrected chi connectivity index (χ4v) is 4.36. The molecule has 0 saturated carbocycles. The zero-order valence-corrected chi connectivity index (χ0v) is 22.0. The first-order valence-electron chi connectivity index (χ1n) is 11.1. The van der Waals surface area contributed by atoms with Gasteiger partial charge in [-0.1, -0.05) is 38.1 Å². The Hall–Kier alpha value is -3.73. The molecule has 0 fully saturated rings. The van der Waals surface area contributed by atoms with Crippen LogP contribution in [-0.2, 0) is 16.1 Å². The summed E-state index contributed by atoms with van der Waals surface area (Å²) in [5.41, 5.74) is 3.44. The molecule has 0 aliphatic carbocycles. The van der Waals surface area contributed by atoms with Crippen molar-refractivity contribution in [3.63, 3.8) is 0 Å². The van der Waals surface area contributed by atoms with E-state index in [9.17, 15) is 14.9 Å². The number of non-ortho nitro benzene ring substituents is 1. The van der Waals surface area contributed by atoms with Crippen molar-refractivity contribution >= 4 is 46.2 Å². The summed E-state index contributed by atoms with van der Waals surface area (Å²) in [4.78, 5) is 27.4. The van der Waals surface area contributed by atoms with Crippen molar-refractivity contribution in [1.29, 1.82) is 0 Å². The molecule has 0 atom stereocenters. The number of carbonyl (C=O) groups is 1. The van der Waals surface area contributed by atoms with Crippen molar-refractivity contribution in [3.05, 3.63) is 102 Å². The fourth-order valence-electron chi connectivity index (χ4n) is 3.58. The molecule has 0 amide bonds. The summed E-state index contributed by atoms with van der Waals surface area (Å²) < 4.78 is 17.6. The van der Waals surface area contributed by atoms with Gasteiger partial charge in [0, 0.05) is 17.7 Å². The van der Waals surface area contributed by atoms with Crippen molar-refractivity contribution in [1.82, 2.24) is 0 Å². The van der Waals surface area contributed by atoms with Crippen LogP contribution in [0.5, 0.6) is 11.5 Å². The van der Waals surface area contributed by atoms with Gasteiger partial charge in [-0.2, -0.15) is 0 Å². The van der Waals surface area contributed by atoms with E-state index in [1.54, 1.807) is 24.3 Å². The maximum absolute atomic E-state index is 12.5. The zero-order valence-electron chi connectivity index (χ0n) is 19.9. The average Bonchev–Trinajstić information content (AvgIpc) is 3.23. The van der Waals surface area contributed by atoms with Crippen LogP contribution in [-0.4, -0.2) is 23.9 Å². The van der Waals surface area contributed by atoms with E-state index in [1.807, 2.05) is 30.3 Å². The Kier molecular flexibility index (Phi) is 7.68. The first-order valence-corrected chi connectivity index (χ1v) is 12.2. The summed E-state index contributed by atoms with van der Waals surface area (Å²) >= 11 is 2.11. The van der Waals surface area contributed by atoms with Crippen molar-refractivity contribution in [2.45, 2.75) is 26.4 Å². The van der Waals surface area contributed by atoms with Gasteiger partial charge >= 0.3 is 5.97 Å². The maximum atomic E-state index is 12.5. The Balaban J connectivity index is 1.56. The van der Waals surface area contributed by atoms with Crippen molar-refractivity contribution in [3.8, 4) is 11.5 Å². The van der Waals surface area contributed by atoms with E-state index in [1.165, 1.54) is 24.8 Å². The number of nitro benzene ring substituents is 1. The van der Waals surface area contributed by atoms with E-state index in [2.05, 4.69) is 41.4 Å². The van der Waals surface area contributed by atoms with Gasteiger partial charge in [-0.15, -0.1) is 0 Å². The topological polar surface area (TPSA) is 100 Å². The molecular weight excluding hydrogens is 575 g/mol. The van der Waals surface area contributed by atoms with Crippen molar-refractivity contribution < 1.29 is 23.9 Å². The summed E-state index contributed by atoms with van der Waals surface area (Å²) in [7, 11) is 1.52. The van der Waals surface area contributed by atoms with E-state index in [-0.39, 0.29) is 23.9 Å². The number of benzene rings is 3. The number of aliphatic imine (C=N–C) groups is 1. The number of halogens is 1. The fraction of sp³-hybridized carbons (Fsp3) is 0.185. The normalized spacial score (nSPS) is 14.1. The van der Waals surface area contributed by atoms with E-state index in [4.69, 9.17) is 14.2 Å². The second-order valence-corrected chi connectivity index (χ2v) is 9.52. The van der Waals surface area contributed by atoms with Crippen LogP contribution in [0.3, 0.4) is 0 Å². The Morgan fingerprint density at radius 1 is 1.14 bits per heavy atom. The third kappa shape index (κ3) is 5.73. The lowest BCUT2D eigenvalue weighted by Crippen LogP contribution is -2.05. The molecule has 0 bridgehead atoms. The van der Waals surface area contributed by atoms with Crippen LogP contribution in [0.4, 0.5) is 5.69 Å². The number of nitro groups is 1. The SMILES string of the molecule is COc1cc(/C=C2\N=C(c3ccc(C(C)C)cc3)OC2=O)cc(I)c1OCc1cccc([N+](=O)[O-])c1. The smallest absolute Gasteiger partial charge is 0.363 e. The molecule has 1 aliphatic rings. The lowest BCUT2D eigenvalue weighted by Gasteiger charge is -2.13. The molecule has 184 valence electrons. The zero-order chi connectivity index (χ0) is 25.8. The molecule has 8 nitrogen and oxygen atoms in total. The van der Waals surface area contributed by atoms with Crippen molar-refractivity contribution in [2.75, 3.05) is 7.11 Å². The van der Waals surface area contributed by atoms with Crippen LogP contribution in [0.2, 0.25) is 0 Å². The van der Waals surface area contributed by atoms with E-state index >= 15 is 0 Å². The molecule has 0 unspecified atom stereocenters. The molecule has 3 aromatic rings. The van der Waals surface area contributed by atoms with Gasteiger partial charge in [0.2, 0.25) is 5.90 Å². The minimum Gasteiger partial charge on any atom is -0.493 e. The van der Waals surface area contributed by atoms with Crippen LogP contribution in [0, 0.1) is 13.7 Å². The Bertz CT molecular complexity index is 1380. The molecule has 0 saturated heterocycles. The molecule has 1 heterocycles. The highest BCUT2D eigenvalue weighted by Gasteiger charge is 2.24. The number of hydrogen-bond donors (Lipinski definition) is 0. The average molecular weight is 598 g/mol. The number of rotatable bonds is 8. The predicted octanol–water partition coefficient (Wildman–Crippen LogP) is 6.25. The molecule has 0 spiro atoms. The molecule has 36 heavy (non-hydrogen) atoms. The molecule has 1 aliphatic heterocycles. The van der Waals surface area contributed by atoms with Gasteiger partial charge in [-0.25, -0.2) is 9.79 Å². The molecule has 9 heteroatoms. The number of methoxy groups -OCH3 is 1. The quantitative estimate of drug-likeness (QED) is 0.0999. The predicted molar refractivity (Wildman–Crippen MR) is 144 cm³/mol. The number of nitrogens with zero attached hydrogens (tertiary/aromatic N) is 2. The van der Waals surface area contributed by atoms with Crippen LogP contribution in [0.1, 0.15) is 42.0 Å². The van der Waals surface area contributed by atoms with Crippen LogP contribution in [0.15, 0.2) is 71.4 Å². The third-order valence-electron chi connectivity index (χ3n) is 5.50. The second kappa shape index (κ2) is 10.9. The van der Waals surface area contributed by atoms with E-state index < -0.39 is 10.9 Å². The summed E-state index contributed by atoms with van der Waals surface area (Å²) in [6, 6.07) is 17.6. The lowest BCUT2D eigenvalue weighted by molar-refractivity contribution is -0.384. The van der Waals surface area contributed by atoms with Crippen LogP contribution in [0.25, 0.3) is 6.08 Å². The lowest BCUT2D eigenvalue weighted by atomic mass is 10.0. The highest BCUT2D eigenvalue weighted by atomic mass is 127. The van der Waals surface area contributed by atoms with Crippen LogP contribution < -0.4 is 9.47 Å². The Morgan fingerprint density at radius 2 is 1.89 bits per heavy atom. The summed E-state index contributed by atoms with van der Waals surface area (Å²) in [5.74, 6) is 1.09. The number of cyclic esters (lactones) is 1. The molecule has 0 aromatic heterocycles. The van der Waals surface area contributed by atoms with Gasteiger partial charge in [0.1, 0.15) is 6.61 Å². The third-order valence-corrected chi connectivity index (χ3v) is 6.31. The number of hydrogen-bond acceptors (Lipinski definition) is 7. The summed E-state index contributed by atoms with van der Waals surface area (Å²) in [6.45, 7) is 4.36. The Morgan fingerprint density at radius 3 is 2.56 bits per heavy atom. The highest BCUT2D eigenvalue weighted by molar-refractivity contribution is 14.1. The molecular formula is C27H23IN2O6. The summed E-state index contributed by atoms with van der Waals surface area (Å²) in [5, 5.41) is 11.0. The van der Waals surface area contributed by atoms with Gasteiger partial charge in [0.25, 0.3) is 5.69 Å². The molecule has 4 rings (SSSR count). The van der Waals surface area contributed by atoms with E-state index in [0.29, 0.717) is 28.5 Å². The maximum Gasteiger partial charge on any atom is 0.363 e. The second-order valence-electron chi connectivity index (χ2n) is 8.36. The van der Waals surface area contributed by atoms with Crippen molar-refractivity contribution in [2.24, 2.45) is 4.99 Å². The molecule has 0 N–H and O–H groups in total. The van der Waals surface area contributed by atoms with Gasteiger partial charge in [0.05, 0.1) is 15.6 Å². The highest BCUT2D eigenvalue weighted by Crippen LogP contribution is 2.36. The minimum absolute atomic E-state index is 0.000951. The first-order chi connectivity index (χ1) is 17.2. The largest absolute Gasteiger partial charge is 0.493 e. The first kappa shape index (κ1) is 25.4. The number of carbonyl (C=O) groups excluding carboxylic acids is 1. The van der Waals surface area contributed by atoms with Gasteiger partial charge in [0.15, 0.2) is 17.2 Å². The van der Waals surface area contributed by atoms with E-state index in [0.717, 1.165) is 9.13 Å². The number of esters is 1. The van der Waals surface area contributed by atoms with Gasteiger partial charge in [-0.05, 0) is 75.5 Å². The molecule has 3 aromatic carbocycles. The van der Waals surface area contributed by atoms with Crippen LogP contribution >= 0.6 is 22.6 Å². The van der Waals surface area contributed by atoms with Gasteiger partial charge in [-0.3, -0.25) is 10.1 Å². The standard InChI is InChI=1S/C27H23IN2O6/c1-16(2)19-7-9-20(10-8-19)26-29-23(27(31)36-26)13-18-12-22(28)25(24(14-18)34-3)35-15-17-5-4-6-21(11-17)30(32)33/h4-14,16H,15H2,1-3H3/b23-13-. The monoisotopic (exact) mass is 598 g/mol. The van der Waals surface area contributed by atoms with Gasteiger partial charge < -0.3 is 14.2 Å². The Labute approximate surface area is 221 Å².